The Labute approximate surface area is 124 Å². The van der Waals surface area contributed by atoms with E-state index in [0.29, 0.717) is 0 Å². The Kier molecular flexibility index (Phi) is 5.80. The van der Waals surface area contributed by atoms with Crippen molar-refractivity contribution < 1.29 is 0 Å². The molecule has 0 saturated heterocycles. The quantitative estimate of drug-likeness (QED) is 0.780. The standard InChI is InChI=1S/C15H22N4S/c1-3-6-13-18-14(16-4-2)11-15(19-13)17-9-8-12-7-5-10-20-12/h5,7,10-11H,3-4,6,8-9H2,1-2H3,(H2,16,17,18,19). The zero-order valence-corrected chi connectivity index (χ0v) is 13.0. The first-order chi connectivity index (χ1) is 9.81. The molecule has 0 aliphatic carbocycles. The van der Waals surface area contributed by atoms with Crippen molar-refractivity contribution in [3.63, 3.8) is 0 Å². The Morgan fingerprint density at radius 1 is 1.10 bits per heavy atom. The average Bonchev–Trinajstić information content (AvgIpc) is 2.92. The van der Waals surface area contributed by atoms with Crippen molar-refractivity contribution in [2.24, 2.45) is 0 Å². The zero-order valence-electron chi connectivity index (χ0n) is 12.1. The van der Waals surface area contributed by atoms with Gasteiger partial charge in [0.15, 0.2) is 0 Å². The van der Waals surface area contributed by atoms with Crippen molar-refractivity contribution in [2.45, 2.75) is 33.1 Å². The van der Waals surface area contributed by atoms with E-state index in [1.807, 2.05) is 6.07 Å². The first kappa shape index (κ1) is 14.8. The summed E-state index contributed by atoms with van der Waals surface area (Å²) in [5, 5.41) is 8.77. The molecule has 0 bridgehead atoms. The van der Waals surface area contributed by atoms with Gasteiger partial charge in [-0.15, -0.1) is 11.3 Å². The van der Waals surface area contributed by atoms with Gasteiger partial charge in [0.1, 0.15) is 17.5 Å². The molecular weight excluding hydrogens is 268 g/mol. The van der Waals surface area contributed by atoms with E-state index in [1.165, 1.54) is 4.88 Å². The molecule has 0 amide bonds. The molecule has 2 rings (SSSR count). The molecule has 0 saturated carbocycles. The van der Waals surface area contributed by atoms with Crippen LogP contribution in [0.25, 0.3) is 0 Å². The highest BCUT2D eigenvalue weighted by Gasteiger charge is 2.04. The number of thiophene rings is 1. The monoisotopic (exact) mass is 290 g/mol. The normalized spacial score (nSPS) is 10.5. The Hall–Kier alpha value is -1.62. The van der Waals surface area contributed by atoms with Gasteiger partial charge in [-0.25, -0.2) is 9.97 Å². The van der Waals surface area contributed by atoms with Crippen molar-refractivity contribution >= 4 is 23.0 Å². The van der Waals surface area contributed by atoms with E-state index >= 15 is 0 Å². The fourth-order valence-corrected chi connectivity index (χ4v) is 2.67. The second-order valence-corrected chi connectivity index (χ2v) is 5.62. The summed E-state index contributed by atoms with van der Waals surface area (Å²) in [7, 11) is 0. The Balaban J connectivity index is 1.97. The van der Waals surface area contributed by atoms with Crippen molar-refractivity contribution in [3.8, 4) is 0 Å². The maximum Gasteiger partial charge on any atom is 0.133 e. The second-order valence-electron chi connectivity index (χ2n) is 4.59. The summed E-state index contributed by atoms with van der Waals surface area (Å²) in [5.74, 6) is 2.73. The van der Waals surface area contributed by atoms with Crippen molar-refractivity contribution in [1.29, 1.82) is 0 Å². The van der Waals surface area contributed by atoms with E-state index < -0.39 is 0 Å². The molecule has 2 N–H and O–H groups in total. The maximum absolute atomic E-state index is 4.57. The van der Waals surface area contributed by atoms with Gasteiger partial charge in [0.2, 0.25) is 0 Å². The van der Waals surface area contributed by atoms with Crippen LogP contribution in [0.5, 0.6) is 0 Å². The predicted molar refractivity (Wildman–Crippen MR) is 86.7 cm³/mol. The number of aromatic nitrogens is 2. The molecular formula is C15H22N4S. The molecule has 2 aromatic rings. The van der Waals surface area contributed by atoms with Gasteiger partial charge < -0.3 is 10.6 Å². The highest BCUT2D eigenvalue weighted by atomic mass is 32.1. The minimum atomic E-state index is 0.872. The van der Waals surface area contributed by atoms with Gasteiger partial charge in [0.05, 0.1) is 0 Å². The molecule has 0 aliphatic heterocycles. The predicted octanol–water partition coefficient (Wildman–Crippen LogP) is 3.58. The summed E-state index contributed by atoms with van der Waals surface area (Å²) in [6, 6.07) is 6.24. The van der Waals surface area contributed by atoms with Gasteiger partial charge in [0.25, 0.3) is 0 Å². The van der Waals surface area contributed by atoms with Crippen molar-refractivity contribution in [1.82, 2.24) is 9.97 Å². The van der Waals surface area contributed by atoms with Gasteiger partial charge in [-0.1, -0.05) is 13.0 Å². The summed E-state index contributed by atoms with van der Waals surface area (Å²) >= 11 is 1.80. The Morgan fingerprint density at radius 3 is 2.55 bits per heavy atom. The molecule has 5 heteroatoms. The number of hydrogen-bond acceptors (Lipinski definition) is 5. The molecule has 0 spiro atoms. The Morgan fingerprint density at radius 2 is 1.90 bits per heavy atom. The molecule has 2 aromatic heterocycles. The minimum Gasteiger partial charge on any atom is -0.370 e. The summed E-state index contributed by atoms with van der Waals surface area (Å²) in [5.41, 5.74) is 0. The van der Waals surface area contributed by atoms with E-state index in [9.17, 15) is 0 Å². The molecule has 20 heavy (non-hydrogen) atoms. The lowest BCUT2D eigenvalue weighted by molar-refractivity contribution is 0.833. The van der Waals surface area contributed by atoms with Crippen LogP contribution in [0.3, 0.4) is 0 Å². The lowest BCUT2D eigenvalue weighted by Gasteiger charge is -2.10. The highest BCUT2D eigenvalue weighted by molar-refractivity contribution is 7.09. The van der Waals surface area contributed by atoms with Crippen LogP contribution in [-0.4, -0.2) is 23.1 Å². The van der Waals surface area contributed by atoms with E-state index in [-0.39, 0.29) is 0 Å². The number of hydrogen-bond donors (Lipinski definition) is 2. The fraction of sp³-hybridized carbons (Fsp3) is 0.467. The van der Waals surface area contributed by atoms with Crippen LogP contribution in [0.15, 0.2) is 23.6 Å². The number of aryl methyl sites for hydroxylation is 1. The minimum absolute atomic E-state index is 0.872. The van der Waals surface area contributed by atoms with Crippen LogP contribution in [0.4, 0.5) is 11.6 Å². The molecule has 0 fully saturated rings. The summed E-state index contributed by atoms with van der Waals surface area (Å²) in [6.07, 6.45) is 3.00. The van der Waals surface area contributed by atoms with Crippen molar-refractivity contribution in [2.75, 3.05) is 23.7 Å². The van der Waals surface area contributed by atoms with Crippen molar-refractivity contribution in [3.05, 3.63) is 34.3 Å². The highest BCUT2D eigenvalue weighted by Crippen LogP contribution is 2.14. The average molecular weight is 290 g/mol. The number of nitrogens with one attached hydrogen (secondary N) is 2. The van der Waals surface area contributed by atoms with E-state index in [4.69, 9.17) is 0 Å². The summed E-state index contributed by atoms with van der Waals surface area (Å²) < 4.78 is 0. The van der Waals surface area contributed by atoms with Gasteiger partial charge >= 0.3 is 0 Å². The van der Waals surface area contributed by atoms with Gasteiger partial charge in [-0.05, 0) is 31.2 Å². The van der Waals surface area contributed by atoms with Gasteiger partial charge in [-0.3, -0.25) is 0 Å². The first-order valence-corrected chi connectivity index (χ1v) is 8.08. The molecule has 0 atom stereocenters. The third-order valence-corrected chi connectivity index (χ3v) is 3.80. The number of anilines is 2. The van der Waals surface area contributed by atoms with Crippen LogP contribution < -0.4 is 10.6 Å². The zero-order chi connectivity index (χ0) is 14.2. The largest absolute Gasteiger partial charge is 0.370 e. The number of nitrogens with zero attached hydrogens (tertiary/aromatic N) is 2. The lowest BCUT2D eigenvalue weighted by atomic mass is 10.3. The van der Waals surface area contributed by atoms with E-state index in [1.54, 1.807) is 11.3 Å². The van der Waals surface area contributed by atoms with Gasteiger partial charge in [0, 0.05) is 30.5 Å². The molecule has 0 aliphatic rings. The van der Waals surface area contributed by atoms with E-state index in [0.717, 1.165) is 49.8 Å². The van der Waals surface area contributed by atoms with Crippen LogP contribution in [0, 0.1) is 0 Å². The topological polar surface area (TPSA) is 49.8 Å². The fourth-order valence-electron chi connectivity index (χ4n) is 1.96. The lowest BCUT2D eigenvalue weighted by Crippen LogP contribution is -2.10. The molecule has 2 heterocycles. The summed E-state index contributed by atoms with van der Waals surface area (Å²) in [4.78, 5) is 10.5. The van der Waals surface area contributed by atoms with Crippen LogP contribution in [0.2, 0.25) is 0 Å². The summed E-state index contributed by atoms with van der Waals surface area (Å²) in [6.45, 7) is 5.99. The molecule has 0 aromatic carbocycles. The SMILES string of the molecule is CCCc1nc(NCC)cc(NCCc2cccs2)n1. The van der Waals surface area contributed by atoms with Crippen LogP contribution in [0.1, 0.15) is 31.0 Å². The molecule has 4 nitrogen and oxygen atoms in total. The smallest absolute Gasteiger partial charge is 0.133 e. The van der Waals surface area contributed by atoms with Gasteiger partial charge in [-0.2, -0.15) is 0 Å². The van der Waals surface area contributed by atoms with E-state index in [2.05, 4.69) is 52.0 Å². The number of rotatable bonds is 8. The van der Waals surface area contributed by atoms with Crippen LogP contribution >= 0.6 is 11.3 Å². The Bertz CT molecular complexity index is 486. The third-order valence-electron chi connectivity index (χ3n) is 2.86. The molecule has 0 radical (unpaired) electrons. The first-order valence-electron chi connectivity index (χ1n) is 7.20. The van der Waals surface area contributed by atoms with Crippen LogP contribution in [-0.2, 0) is 12.8 Å². The third kappa shape index (κ3) is 4.49. The molecule has 108 valence electrons. The molecule has 0 unspecified atom stereocenters. The maximum atomic E-state index is 4.57. The second kappa shape index (κ2) is 7.85.